The van der Waals surface area contributed by atoms with Gasteiger partial charge in [-0.2, -0.15) is 13.2 Å². The van der Waals surface area contributed by atoms with Crippen molar-refractivity contribution >= 4 is 9.84 Å². The topological polar surface area (TPSA) is 57.6 Å². The van der Waals surface area contributed by atoms with Gasteiger partial charge in [0.1, 0.15) is 0 Å². The van der Waals surface area contributed by atoms with Crippen LogP contribution < -0.4 is 0 Å². The zero-order valence-corrected chi connectivity index (χ0v) is 12.6. The quantitative estimate of drug-likeness (QED) is 0.836. The first-order chi connectivity index (χ1) is 8.98. The molecule has 8 heteroatoms. The fraction of sp³-hybridized carbons (Fsp3) is 1.00. The van der Waals surface area contributed by atoms with Gasteiger partial charge in [0.05, 0.1) is 11.0 Å². The van der Waals surface area contributed by atoms with Crippen molar-refractivity contribution in [1.82, 2.24) is 4.90 Å². The zero-order chi connectivity index (χ0) is 15.6. The maximum Gasteiger partial charge on any atom is 0.418 e. The number of piperidine rings is 1. The Labute approximate surface area is 117 Å². The fourth-order valence-electron chi connectivity index (χ4n) is 2.27. The summed E-state index contributed by atoms with van der Waals surface area (Å²) in [6, 6.07) is 0. The summed E-state index contributed by atoms with van der Waals surface area (Å²) in [5.74, 6) is -0.0361. The number of β-amino-alcohol motifs (C(OH)–C–C–N with tert-alkyl or cyclic N) is 1. The van der Waals surface area contributed by atoms with Gasteiger partial charge in [-0.3, -0.25) is 0 Å². The minimum absolute atomic E-state index is 0.0361. The molecule has 4 nitrogen and oxygen atoms in total. The van der Waals surface area contributed by atoms with Crippen LogP contribution in [0.3, 0.4) is 0 Å². The highest BCUT2D eigenvalue weighted by Crippen LogP contribution is 2.37. The average molecular weight is 317 g/mol. The summed E-state index contributed by atoms with van der Waals surface area (Å²) in [5.41, 5.74) is -2.66. The molecule has 1 rings (SSSR count). The number of halogens is 3. The highest BCUT2D eigenvalue weighted by Gasteiger charge is 2.55. The first-order valence-corrected chi connectivity index (χ1v) is 8.42. The number of sulfone groups is 1. The molecule has 0 aromatic rings. The van der Waals surface area contributed by atoms with Gasteiger partial charge in [0.25, 0.3) is 0 Å². The lowest BCUT2D eigenvalue weighted by atomic mass is 9.92. The van der Waals surface area contributed by atoms with Crippen molar-refractivity contribution < 1.29 is 26.7 Å². The zero-order valence-electron chi connectivity index (χ0n) is 11.8. The average Bonchev–Trinajstić information content (AvgIpc) is 2.27. The third-order valence-corrected chi connectivity index (χ3v) is 5.99. The standard InChI is InChI=1S/C12H22F3NO3S/c1-10(2)20(18,19)8-4-7-16-6-3-5-11(17,9-16)12(13,14)15/h10,17H,3-9H2,1-2H3. The molecule has 0 aliphatic carbocycles. The third-order valence-electron chi connectivity index (χ3n) is 3.70. The van der Waals surface area contributed by atoms with E-state index in [1.807, 2.05) is 0 Å². The predicted octanol–water partition coefficient (Wildman–Crippen LogP) is 1.59. The third kappa shape index (κ3) is 4.33. The largest absolute Gasteiger partial charge is 0.418 e. The summed E-state index contributed by atoms with van der Waals surface area (Å²) in [5, 5.41) is 9.16. The Bertz CT molecular complexity index is 422. The Morgan fingerprint density at radius 1 is 1.35 bits per heavy atom. The van der Waals surface area contributed by atoms with Crippen LogP contribution in [-0.4, -0.2) is 60.8 Å². The molecule has 1 aliphatic rings. The van der Waals surface area contributed by atoms with E-state index in [-0.39, 0.29) is 31.6 Å². The molecule has 1 heterocycles. The summed E-state index contributed by atoms with van der Waals surface area (Å²) >= 11 is 0. The second kappa shape index (κ2) is 6.19. The summed E-state index contributed by atoms with van der Waals surface area (Å²) in [6.07, 6.45) is -4.39. The van der Waals surface area contributed by atoms with Crippen molar-refractivity contribution in [1.29, 1.82) is 0 Å². The van der Waals surface area contributed by atoms with Gasteiger partial charge in [-0.25, -0.2) is 8.42 Å². The number of nitrogens with zero attached hydrogens (tertiary/aromatic N) is 1. The molecule has 1 saturated heterocycles. The van der Waals surface area contributed by atoms with Crippen LogP contribution in [0.4, 0.5) is 13.2 Å². The van der Waals surface area contributed by atoms with Crippen LogP contribution in [-0.2, 0) is 9.84 Å². The molecule has 0 bridgehead atoms. The SMILES string of the molecule is CC(C)S(=O)(=O)CCCN1CCCC(O)(C(F)(F)F)C1. The van der Waals surface area contributed by atoms with E-state index in [0.29, 0.717) is 6.54 Å². The van der Waals surface area contributed by atoms with Crippen LogP contribution in [0.25, 0.3) is 0 Å². The number of alkyl halides is 3. The molecule has 0 spiro atoms. The smallest absolute Gasteiger partial charge is 0.379 e. The van der Waals surface area contributed by atoms with Gasteiger partial charge in [-0.05, 0) is 46.2 Å². The van der Waals surface area contributed by atoms with E-state index in [2.05, 4.69) is 0 Å². The maximum atomic E-state index is 12.7. The van der Waals surface area contributed by atoms with E-state index >= 15 is 0 Å². The highest BCUT2D eigenvalue weighted by molar-refractivity contribution is 7.91. The summed E-state index contributed by atoms with van der Waals surface area (Å²) in [7, 11) is -3.17. The van der Waals surface area contributed by atoms with Crippen LogP contribution in [0.15, 0.2) is 0 Å². The number of rotatable bonds is 5. The monoisotopic (exact) mass is 317 g/mol. The molecule has 1 unspecified atom stereocenters. The molecule has 0 aromatic carbocycles. The Morgan fingerprint density at radius 2 is 1.95 bits per heavy atom. The van der Waals surface area contributed by atoms with Gasteiger partial charge < -0.3 is 10.0 Å². The molecular weight excluding hydrogens is 295 g/mol. The van der Waals surface area contributed by atoms with E-state index in [4.69, 9.17) is 0 Å². The van der Waals surface area contributed by atoms with Crippen molar-refractivity contribution in [2.75, 3.05) is 25.4 Å². The summed E-state index contributed by atoms with van der Waals surface area (Å²) in [4.78, 5) is 1.49. The maximum absolute atomic E-state index is 12.7. The van der Waals surface area contributed by atoms with E-state index < -0.39 is 33.4 Å². The molecule has 0 aromatic heterocycles. The lowest BCUT2D eigenvalue weighted by Gasteiger charge is -2.40. The number of hydrogen-bond donors (Lipinski definition) is 1. The normalized spacial score (nSPS) is 26.1. The van der Waals surface area contributed by atoms with Crippen molar-refractivity contribution in [2.24, 2.45) is 0 Å². The van der Waals surface area contributed by atoms with Gasteiger partial charge in [0, 0.05) is 6.54 Å². The molecule has 1 aliphatic heterocycles. The highest BCUT2D eigenvalue weighted by atomic mass is 32.2. The van der Waals surface area contributed by atoms with E-state index in [0.717, 1.165) is 0 Å². The fourth-order valence-corrected chi connectivity index (χ4v) is 3.27. The van der Waals surface area contributed by atoms with E-state index in [9.17, 15) is 26.7 Å². The Morgan fingerprint density at radius 3 is 2.45 bits per heavy atom. The Balaban J connectivity index is 2.50. The van der Waals surface area contributed by atoms with Crippen LogP contribution >= 0.6 is 0 Å². The first-order valence-electron chi connectivity index (χ1n) is 6.71. The Hall–Kier alpha value is -0.340. The first kappa shape index (κ1) is 17.7. The molecule has 0 saturated carbocycles. The Kier molecular flexibility index (Phi) is 5.48. The van der Waals surface area contributed by atoms with E-state index in [1.165, 1.54) is 4.90 Å². The molecule has 0 radical (unpaired) electrons. The minimum Gasteiger partial charge on any atom is -0.379 e. The molecule has 1 N–H and O–H groups in total. The van der Waals surface area contributed by atoms with Crippen molar-refractivity contribution in [3.05, 3.63) is 0 Å². The van der Waals surface area contributed by atoms with Crippen molar-refractivity contribution in [2.45, 2.75) is 50.1 Å². The molecule has 120 valence electrons. The van der Waals surface area contributed by atoms with Gasteiger partial charge in [-0.15, -0.1) is 0 Å². The lowest BCUT2D eigenvalue weighted by molar-refractivity contribution is -0.274. The van der Waals surface area contributed by atoms with Gasteiger partial charge in [-0.1, -0.05) is 0 Å². The van der Waals surface area contributed by atoms with Crippen LogP contribution in [0.2, 0.25) is 0 Å². The molecule has 20 heavy (non-hydrogen) atoms. The van der Waals surface area contributed by atoms with Crippen LogP contribution in [0, 0.1) is 0 Å². The second-order valence-corrected chi connectivity index (χ2v) is 8.36. The molecule has 0 amide bonds. The van der Waals surface area contributed by atoms with Gasteiger partial charge in [0.15, 0.2) is 15.4 Å². The molecular formula is C12H22F3NO3S. The van der Waals surface area contributed by atoms with Gasteiger partial charge in [0.2, 0.25) is 0 Å². The number of likely N-dealkylation sites (tertiary alicyclic amines) is 1. The van der Waals surface area contributed by atoms with Crippen molar-refractivity contribution in [3.63, 3.8) is 0 Å². The van der Waals surface area contributed by atoms with Crippen molar-refractivity contribution in [3.8, 4) is 0 Å². The lowest BCUT2D eigenvalue weighted by Crippen LogP contribution is -2.57. The second-order valence-electron chi connectivity index (χ2n) is 5.68. The van der Waals surface area contributed by atoms with Crippen LogP contribution in [0.5, 0.6) is 0 Å². The molecule has 1 atom stereocenters. The van der Waals surface area contributed by atoms with Gasteiger partial charge >= 0.3 is 6.18 Å². The minimum atomic E-state index is -4.64. The predicted molar refractivity (Wildman–Crippen MR) is 70.2 cm³/mol. The summed E-state index contributed by atoms with van der Waals surface area (Å²) < 4.78 is 61.5. The molecule has 1 fully saturated rings. The van der Waals surface area contributed by atoms with E-state index in [1.54, 1.807) is 13.8 Å². The summed E-state index contributed by atoms with van der Waals surface area (Å²) in [6.45, 7) is 3.40. The number of aliphatic hydroxyl groups is 1. The number of hydrogen-bond acceptors (Lipinski definition) is 4. The van der Waals surface area contributed by atoms with Crippen LogP contribution in [0.1, 0.15) is 33.1 Å².